The van der Waals surface area contributed by atoms with Crippen molar-refractivity contribution < 1.29 is 4.79 Å². The largest absolute Gasteiger partial charge is 0.354 e. The zero-order valence-corrected chi connectivity index (χ0v) is 10.4. The summed E-state index contributed by atoms with van der Waals surface area (Å²) in [5.74, 6) is -0.539. The number of amides is 1. The number of carbonyl (C=O) groups excluding carboxylic acids is 1. The number of hydrogen-bond donors (Lipinski definition) is 1. The number of carbonyl (C=O) groups is 1. The van der Waals surface area contributed by atoms with Gasteiger partial charge in [0, 0.05) is 6.54 Å². The van der Waals surface area contributed by atoms with Gasteiger partial charge in [0.25, 0.3) is 0 Å². The molecule has 0 radical (unpaired) electrons. The Morgan fingerprint density at radius 3 is 2.56 bits per heavy atom. The second-order valence-electron chi connectivity index (χ2n) is 4.90. The Labute approximate surface area is 98.2 Å². The minimum absolute atomic E-state index is 0.0796. The zero-order valence-electron chi connectivity index (χ0n) is 10.4. The Bertz CT molecular complexity index is 271. The molecule has 1 unspecified atom stereocenters. The fourth-order valence-corrected chi connectivity index (χ4v) is 2.27. The van der Waals surface area contributed by atoms with Crippen LogP contribution in [0.4, 0.5) is 0 Å². The molecule has 1 aliphatic carbocycles. The summed E-state index contributed by atoms with van der Waals surface area (Å²) < 4.78 is 0. The van der Waals surface area contributed by atoms with Crippen molar-refractivity contribution in [2.75, 3.05) is 6.54 Å². The van der Waals surface area contributed by atoms with E-state index in [0.717, 1.165) is 19.4 Å². The molecule has 1 rings (SSSR count). The molecule has 0 aromatic heterocycles. The molecule has 3 nitrogen and oxygen atoms in total. The van der Waals surface area contributed by atoms with Crippen LogP contribution >= 0.6 is 0 Å². The van der Waals surface area contributed by atoms with Crippen LogP contribution in [0, 0.1) is 22.7 Å². The third-order valence-corrected chi connectivity index (χ3v) is 3.85. The van der Waals surface area contributed by atoms with Gasteiger partial charge in [-0.25, -0.2) is 0 Å². The van der Waals surface area contributed by atoms with Crippen molar-refractivity contribution in [3.8, 4) is 6.07 Å². The van der Waals surface area contributed by atoms with Crippen molar-refractivity contribution >= 4 is 5.91 Å². The number of rotatable bonds is 6. The number of hydrogen-bond acceptors (Lipinski definition) is 2. The first-order valence-corrected chi connectivity index (χ1v) is 6.35. The van der Waals surface area contributed by atoms with Crippen molar-refractivity contribution in [1.29, 1.82) is 5.26 Å². The van der Waals surface area contributed by atoms with Gasteiger partial charge in [-0.3, -0.25) is 4.79 Å². The van der Waals surface area contributed by atoms with Gasteiger partial charge in [0.1, 0.15) is 5.92 Å². The maximum Gasteiger partial charge on any atom is 0.237 e. The second kappa shape index (κ2) is 5.89. The van der Waals surface area contributed by atoms with Crippen molar-refractivity contribution in [2.24, 2.45) is 11.3 Å². The molecule has 0 spiro atoms. The summed E-state index contributed by atoms with van der Waals surface area (Å²) >= 11 is 0. The predicted molar refractivity (Wildman–Crippen MR) is 63.6 cm³/mol. The molecule has 0 aromatic rings. The average molecular weight is 222 g/mol. The van der Waals surface area contributed by atoms with Crippen LogP contribution in [-0.4, -0.2) is 12.5 Å². The van der Waals surface area contributed by atoms with Crippen LogP contribution in [0.25, 0.3) is 0 Å². The van der Waals surface area contributed by atoms with Crippen LogP contribution in [0.5, 0.6) is 0 Å². The highest BCUT2D eigenvalue weighted by molar-refractivity contribution is 5.81. The highest BCUT2D eigenvalue weighted by Crippen LogP contribution is 2.43. The minimum atomic E-state index is -0.459. The van der Waals surface area contributed by atoms with E-state index < -0.39 is 5.92 Å². The van der Waals surface area contributed by atoms with Gasteiger partial charge in [0.2, 0.25) is 5.91 Å². The van der Waals surface area contributed by atoms with Gasteiger partial charge in [0.15, 0.2) is 0 Å². The molecule has 0 aliphatic heterocycles. The molecule has 1 N–H and O–H groups in total. The van der Waals surface area contributed by atoms with E-state index in [0.29, 0.717) is 11.8 Å². The van der Waals surface area contributed by atoms with Crippen molar-refractivity contribution in [1.82, 2.24) is 5.32 Å². The number of nitrogens with one attached hydrogen (secondary N) is 1. The lowest BCUT2D eigenvalue weighted by Crippen LogP contribution is -2.43. The van der Waals surface area contributed by atoms with Crippen LogP contribution in [0.1, 0.15) is 52.4 Å². The topological polar surface area (TPSA) is 52.9 Å². The van der Waals surface area contributed by atoms with Gasteiger partial charge < -0.3 is 5.32 Å². The van der Waals surface area contributed by atoms with E-state index in [-0.39, 0.29) is 5.91 Å². The van der Waals surface area contributed by atoms with Crippen LogP contribution < -0.4 is 5.32 Å². The Morgan fingerprint density at radius 2 is 2.19 bits per heavy atom. The molecule has 1 fully saturated rings. The van der Waals surface area contributed by atoms with Crippen molar-refractivity contribution in [2.45, 2.75) is 52.4 Å². The van der Waals surface area contributed by atoms with Gasteiger partial charge in [-0.15, -0.1) is 0 Å². The summed E-state index contributed by atoms with van der Waals surface area (Å²) in [4.78, 5) is 11.7. The molecule has 0 heterocycles. The van der Waals surface area contributed by atoms with Crippen LogP contribution in [0.15, 0.2) is 0 Å². The molecule has 1 amide bonds. The predicted octanol–water partition coefficient (Wildman–Crippen LogP) is 2.62. The summed E-state index contributed by atoms with van der Waals surface area (Å²) in [6, 6.07) is 2.08. The molecule has 1 aliphatic rings. The molecule has 1 atom stereocenters. The molecule has 0 bridgehead atoms. The molecule has 1 saturated carbocycles. The average Bonchev–Trinajstić information content (AvgIpc) is 2.24. The van der Waals surface area contributed by atoms with E-state index in [1.807, 2.05) is 6.92 Å². The normalized spacial score (nSPS) is 19.3. The highest BCUT2D eigenvalue weighted by Gasteiger charge is 2.35. The van der Waals surface area contributed by atoms with Gasteiger partial charge in [-0.05, 0) is 31.1 Å². The summed E-state index contributed by atoms with van der Waals surface area (Å²) in [5, 5.41) is 11.8. The van der Waals surface area contributed by atoms with Crippen LogP contribution in [0.3, 0.4) is 0 Å². The van der Waals surface area contributed by atoms with E-state index in [1.54, 1.807) is 0 Å². The smallest absolute Gasteiger partial charge is 0.237 e. The number of nitrogens with zero attached hydrogens (tertiary/aromatic N) is 1. The van der Waals surface area contributed by atoms with E-state index in [2.05, 4.69) is 18.3 Å². The molecule has 16 heavy (non-hydrogen) atoms. The SMILES string of the molecule is CCCC(C#N)C(=O)NCC1(CC)CCC1. The van der Waals surface area contributed by atoms with Gasteiger partial charge in [0.05, 0.1) is 6.07 Å². The Balaban J connectivity index is 2.36. The monoisotopic (exact) mass is 222 g/mol. The molecule has 0 saturated heterocycles. The molecular weight excluding hydrogens is 200 g/mol. The summed E-state index contributed by atoms with van der Waals surface area (Å²) in [6.07, 6.45) is 6.38. The highest BCUT2D eigenvalue weighted by atomic mass is 16.1. The standard InChI is InChI=1S/C13H22N2O/c1-3-6-11(9-14)12(16)15-10-13(4-2)7-5-8-13/h11H,3-8,10H2,1-2H3,(H,15,16). The molecular formula is C13H22N2O. The van der Waals surface area contributed by atoms with Crippen molar-refractivity contribution in [3.63, 3.8) is 0 Å². The van der Waals surface area contributed by atoms with E-state index >= 15 is 0 Å². The van der Waals surface area contributed by atoms with Crippen LogP contribution in [-0.2, 0) is 4.79 Å². The first-order valence-electron chi connectivity index (χ1n) is 6.35. The molecule has 3 heteroatoms. The lowest BCUT2D eigenvalue weighted by atomic mass is 9.67. The van der Waals surface area contributed by atoms with E-state index in [1.165, 1.54) is 19.3 Å². The molecule has 90 valence electrons. The molecule has 0 aromatic carbocycles. The maximum atomic E-state index is 11.7. The zero-order chi connectivity index (χ0) is 12.0. The fourth-order valence-electron chi connectivity index (χ4n) is 2.27. The summed E-state index contributed by atoms with van der Waals surface area (Å²) in [5.41, 5.74) is 0.335. The first kappa shape index (κ1) is 13.0. The van der Waals surface area contributed by atoms with Crippen molar-refractivity contribution in [3.05, 3.63) is 0 Å². The second-order valence-corrected chi connectivity index (χ2v) is 4.90. The van der Waals surface area contributed by atoms with Gasteiger partial charge in [-0.1, -0.05) is 26.7 Å². The third kappa shape index (κ3) is 2.98. The summed E-state index contributed by atoms with van der Waals surface area (Å²) in [6.45, 7) is 4.93. The quantitative estimate of drug-likeness (QED) is 0.751. The fraction of sp³-hybridized carbons (Fsp3) is 0.846. The lowest BCUT2D eigenvalue weighted by molar-refractivity contribution is -0.124. The first-order chi connectivity index (χ1) is 7.67. The van der Waals surface area contributed by atoms with E-state index in [9.17, 15) is 4.79 Å². The Kier molecular flexibility index (Phi) is 4.79. The third-order valence-electron chi connectivity index (χ3n) is 3.85. The maximum absolute atomic E-state index is 11.7. The Hall–Kier alpha value is -1.04. The van der Waals surface area contributed by atoms with E-state index in [4.69, 9.17) is 5.26 Å². The van der Waals surface area contributed by atoms with Crippen LogP contribution in [0.2, 0.25) is 0 Å². The minimum Gasteiger partial charge on any atom is -0.354 e. The van der Waals surface area contributed by atoms with Gasteiger partial charge >= 0.3 is 0 Å². The number of nitriles is 1. The lowest BCUT2D eigenvalue weighted by Gasteiger charge is -2.41. The van der Waals surface area contributed by atoms with Gasteiger partial charge in [-0.2, -0.15) is 5.26 Å². The summed E-state index contributed by atoms with van der Waals surface area (Å²) in [7, 11) is 0. The Morgan fingerprint density at radius 1 is 1.50 bits per heavy atom.